The van der Waals surface area contributed by atoms with Gasteiger partial charge in [0, 0.05) is 13.7 Å². The number of nitrogens with two attached hydrogens (primary N) is 1. The van der Waals surface area contributed by atoms with Gasteiger partial charge in [0.2, 0.25) is 5.13 Å². The summed E-state index contributed by atoms with van der Waals surface area (Å²) in [6, 6.07) is 0. The van der Waals surface area contributed by atoms with Crippen LogP contribution in [0.15, 0.2) is 0 Å². The number of rotatable bonds is 4. The zero-order valence-electron chi connectivity index (χ0n) is 7.11. The van der Waals surface area contributed by atoms with E-state index in [0.717, 1.165) is 0 Å². The summed E-state index contributed by atoms with van der Waals surface area (Å²) in [4.78, 5) is 11.0. The predicted octanol–water partition coefficient (Wildman–Crippen LogP) is -0.418. The van der Waals surface area contributed by atoms with Crippen LogP contribution in [0.4, 0.5) is 5.13 Å². The lowest BCUT2D eigenvalue weighted by Crippen LogP contribution is -2.16. The number of nitrogens with one attached hydrogen (secondary N) is 1. The fourth-order valence-corrected chi connectivity index (χ4v) is 1.31. The predicted molar refractivity (Wildman–Crippen MR) is 48.3 cm³/mol. The number of carbonyl (C=O) groups is 1. The Morgan fingerprint density at radius 1 is 1.69 bits per heavy atom. The Bertz CT molecular complexity index is 288. The zero-order chi connectivity index (χ0) is 9.68. The zero-order valence-corrected chi connectivity index (χ0v) is 7.93. The van der Waals surface area contributed by atoms with Crippen molar-refractivity contribution < 1.29 is 9.53 Å². The van der Waals surface area contributed by atoms with Crippen molar-refractivity contribution in [2.24, 2.45) is 5.73 Å². The number of anilines is 1. The van der Waals surface area contributed by atoms with Crippen LogP contribution in [0, 0.1) is 0 Å². The fraction of sp³-hybridized carbons (Fsp3) is 0.500. The maximum absolute atomic E-state index is 11.0. The standard InChI is InChI=1S/C6H10N4O2S/c1-12-3-4(11)8-6-10-9-5(2-7)13-6/h2-3,7H2,1H3,(H,8,10,11). The van der Waals surface area contributed by atoms with Crippen LogP contribution >= 0.6 is 11.3 Å². The Kier molecular flexibility index (Phi) is 3.74. The summed E-state index contributed by atoms with van der Waals surface area (Å²) in [5, 5.41) is 11.1. The molecule has 0 aliphatic carbocycles. The first kappa shape index (κ1) is 10.0. The van der Waals surface area contributed by atoms with E-state index in [1.807, 2.05) is 0 Å². The van der Waals surface area contributed by atoms with E-state index in [0.29, 0.717) is 16.7 Å². The van der Waals surface area contributed by atoms with Crippen molar-refractivity contribution in [3.63, 3.8) is 0 Å². The van der Waals surface area contributed by atoms with Crippen molar-refractivity contribution in [1.29, 1.82) is 0 Å². The van der Waals surface area contributed by atoms with Crippen molar-refractivity contribution in [1.82, 2.24) is 10.2 Å². The third kappa shape index (κ3) is 3.05. The number of hydrogen-bond acceptors (Lipinski definition) is 6. The molecule has 0 bridgehead atoms. The lowest BCUT2D eigenvalue weighted by atomic mass is 10.6. The van der Waals surface area contributed by atoms with Crippen LogP contribution in [0.25, 0.3) is 0 Å². The van der Waals surface area contributed by atoms with Crippen LogP contribution in [0.3, 0.4) is 0 Å². The molecular formula is C6H10N4O2S. The van der Waals surface area contributed by atoms with E-state index in [2.05, 4.69) is 20.3 Å². The summed E-state index contributed by atoms with van der Waals surface area (Å²) in [5.74, 6) is -0.248. The second-order valence-electron chi connectivity index (χ2n) is 2.19. The van der Waals surface area contributed by atoms with Gasteiger partial charge in [0.15, 0.2) is 0 Å². The van der Waals surface area contributed by atoms with Crippen molar-refractivity contribution in [2.45, 2.75) is 6.54 Å². The number of carbonyl (C=O) groups excluding carboxylic acids is 1. The topological polar surface area (TPSA) is 90.1 Å². The highest BCUT2D eigenvalue weighted by Crippen LogP contribution is 2.13. The molecule has 0 radical (unpaired) electrons. The first-order valence-corrected chi connectivity index (χ1v) is 4.39. The summed E-state index contributed by atoms with van der Waals surface area (Å²) in [6.07, 6.45) is 0. The first-order valence-electron chi connectivity index (χ1n) is 3.57. The van der Waals surface area contributed by atoms with E-state index in [1.54, 1.807) is 0 Å². The monoisotopic (exact) mass is 202 g/mol. The SMILES string of the molecule is COCC(=O)Nc1nnc(CN)s1. The lowest BCUT2D eigenvalue weighted by Gasteiger charge is -1.97. The fourth-order valence-electron chi connectivity index (χ4n) is 0.673. The molecule has 7 heteroatoms. The number of aromatic nitrogens is 2. The summed E-state index contributed by atoms with van der Waals surface area (Å²) < 4.78 is 4.63. The van der Waals surface area contributed by atoms with E-state index >= 15 is 0 Å². The number of methoxy groups -OCH3 is 1. The van der Waals surface area contributed by atoms with Crippen LogP contribution in [-0.2, 0) is 16.1 Å². The van der Waals surface area contributed by atoms with Crippen molar-refractivity contribution >= 4 is 22.4 Å². The summed E-state index contributed by atoms with van der Waals surface area (Å²) >= 11 is 1.25. The summed E-state index contributed by atoms with van der Waals surface area (Å²) in [5.41, 5.74) is 5.32. The third-order valence-corrected chi connectivity index (χ3v) is 2.02. The van der Waals surface area contributed by atoms with Gasteiger partial charge in [0.25, 0.3) is 5.91 Å². The molecule has 1 aromatic heterocycles. The summed E-state index contributed by atoms with van der Waals surface area (Å²) in [7, 11) is 1.45. The first-order chi connectivity index (χ1) is 6.26. The Hall–Kier alpha value is -1.05. The molecule has 72 valence electrons. The molecule has 6 nitrogen and oxygen atoms in total. The minimum absolute atomic E-state index is 0.0114. The van der Waals surface area contributed by atoms with E-state index < -0.39 is 0 Å². The molecule has 3 N–H and O–H groups in total. The van der Waals surface area contributed by atoms with Crippen molar-refractivity contribution in [3.05, 3.63) is 5.01 Å². The Labute approximate surface area is 79.1 Å². The van der Waals surface area contributed by atoms with E-state index in [-0.39, 0.29) is 12.5 Å². The van der Waals surface area contributed by atoms with Gasteiger partial charge in [-0.2, -0.15) is 0 Å². The van der Waals surface area contributed by atoms with Gasteiger partial charge >= 0.3 is 0 Å². The number of hydrogen-bond donors (Lipinski definition) is 2. The van der Waals surface area contributed by atoms with Gasteiger partial charge in [-0.05, 0) is 0 Å². The number of ether oxygens (including phenoxy) is 1. The molecule has 0 aliphatic heterocycles. The quantitative estimate of drug-likeness (QED) is 0.692. The van der Waals surface area contributed by atoms with Gasteiger partial charge in [-0.15, -0.1) is 10.2 Å². The molecule has 1 aromatic rings. The molecule has 0 unspecified atom stereocenters. The van der Waals surface area contributed by atoms with Gasteiger partial charge in [0.05, 0.1) is 0 Å². The van der Waals surface area contributed by atoms with Crippen LogP contribution in [0.5, 0.6) is 0 Å². The largest absolute Gasteiger partial charge is 0.375 e. The molecule has 0 saturated carbocycles. The average molecular weight is 202 g/mol. The molecule has 0 aliphatic rings. The number of amides is 1. The molecule has 1 heterocycles. The molecule has 0 atom stereocenters. The Morgan fingerprint density at radius 3 is 3.00 bits per heavy atom. The van der Waals surface area contributed by atoms with Gasteiger partial charge < -0.3 is 10.5 Å². The van der Waals surface area contributed by atoms with Gasteiger partial charge in [0.1, 0.15) is 11.6 Å². The van der Waals surface area contributed by atoms with Crippen LogP contribution in [0.1, 0.15) is 5.01 Å². The van der Waals surface area contributed by atoms with Crippen molar-refractivity contribution in [3.8, 4) is 0 Å². The molecule has 0 fully saturated rings. The molecule has 0 spiro atoms. The minimum atomic E-state index is -0.248. The third-order valence-electron chi connectivity index (χ3n) is 1.16. The second-order valence-corrected chi connectivity index (χ2v) is 3.25. The van der Waals surface area contributed by atoms with Crippen LogP contribution in [0.2, 0.25) is 0 Å². The van der Waals surface area contributed by atoms with Gasteiger partial charge in [-0.25, -0.2) is 0 Å². The normalized spacial score (nSPS) is 10.0. The van der Waals surface area contributed by atoms with Gasteiger partial charge in [-0.3, -0.25) is 10.1 Å². The summed E-state index contributed by atoms with van der Waals surface area (Å²) in [6.45, 7) is 0.343. The smallest absolute Gasteiger partial charge is 0.252 e. The molecule has 0 saturated heterocycles. The second kappa shape index (κ2) is 4.85. The minimum Gasteiger partial charge on any atom is -0.375 e. The maximum atomic E-state index is 11.0. The molecule has 1 amide bonds. The van der Waals surface area contributed by atoms with Crippen LogP contribution in [-0.4, -0.2) is 29.8 Å². The molecule has 13 heavy (non-hydrogen) atoms. The van der Waals surface area contributed by atoms with Gasteiger partial charge in [-0.1, -0.05) is 11.3 Å². The maximum Gasteiger partial charge on any atom is 0.252 e. The van der Waals surface area contributed by atoms with Crippen LogP contribution < -0.4 is 11.1 Å². The Balaban J connectivity index is 2.49. The Morgan fingerprint density at radius 2 is 2.46 bits per heavy atom. The highest BCUT2D eigenvalue weighted by Gasteiger charge is 2.06. The van der Waals surface area contributed by atoms with Crippen molar-refractivity contribution in [2.75, 3.05) is 19.0 Å². The van der Waals surface area contributed by atoms with E-state index in [1.165, 1.54) is 18.4 Å². The molecular weight excluding hydrogens is 192 g/mol. The van der Waals surface area contributed by atoms with E-state index in [9.17, 15) is 4.79 Å². The highest BCUT2D eigenvalue weighted by atomic mass is 32.1. The number of nitrogens with zero attached hydrogens (tertiary/aromatic N) is 2. The molecule has 0 aromatic carbocycles. The van der Waals surface area contributed by atoms with E-state index in [4.69, 9.17) is 5.73 Å². The highest BCUT2D eigenvalue weighted by molar-refractivity contribution is 7.15. The lowest BCUT2D eigenvalue weighted by molar-refractivity contribution is -0.119. The average Bonchev–Trinajstić information content (AvgIpc) is 2.52. The molecule has 1 rings (SSSR count).